The molecule has 1 heterocycles. The van der Waals surface area contributed by atoms with Crippen LogP contribution >= 0.6 is 9.39 Å². The van der Waals surface area contributed by atoms with E-state index >= 15 is 0 Å². The molecular formula is C7H14NOP. The molecule has 1 N–H and O–H groups in total. The minimum atomic E-state index is 0.00806. The van der Waals surface area contributed by atoms with Crippen molar-refractivity contribution in [3.8, 4) is 0 Å². The van der Waals surface area contributed by atoms with Crippen molar-refractivity contribution in [1.82, 2.24) is 4.67 Å². The lowest BCUT2D eigenvalue weighted by Crippen LogP contribution is -2.11. The van der Waals surface area contributed by atoms with E-state index in [1.807, 2.05) is 0 Å². The van der Waals surface area contributed by atoms with Crippen LogP contribution in [0, 0.1) is 11.8 Å². The molecule has 0 aromatic carbocycles. The van der Waals surface area contributed by atoms with Crippen molar-refractivity contribution in [1.29, 1.82) is 0 Å². The molecule has 2 fully saturated rings. The van der Waals surface area contributed by atoms with Crippen LogP contribution in [-0.2, 0) is 0 Å². The fraction of sp³-hybridized carbons (Fsp3) is 1.00. The van der Waals surface area contributed by atoms with Gasteiger partial charge in [0.25, 0.3) is 0 Å². The van der Waals surface area contributed by atoms with E-state index in [2.05, 4.69) is 14.1 Å². The number of hydrogen-bond donors (Lipinski definition) is 1. The van der Waals surface area contributed by atoms with Crippen LogP contribution in [-0.4, -0.2) is 29.0 Å². The van der Waals surface area contributed by atoms with Gasteiger partial charge in [0.15, 0.2) is 0 Å². The van der Waals surface area contributed by atoms with E-state index in [9.17, 15) is 5.11 Å². The first-order chi connectivity index (χ1) is 4.75. The van der Waals surface area contributed by atoms with Gasteiger partial charge < -0.3 is 5.11 Å². The molecule has 0 bridgehead atoms. The Balaban J connectivity index is 2.00. The van der Waals surface area contributed by atoms with Crippen LogP contribution in [0.15, 0.2) is 0 Å². The second kappa shape index (κ2) is 2.44. The summed E-state index contributed by atoms with van der Waals surface area (Å²) in [5.74, 6) is 1.57. The van der Waals surface area contributed by atoms with Gasteiger partial charge in [-0.25, -0.2) is 0 Å². The first kappa shape index (κ1) is 7.02. The minimum Gasteiger partial charge on any atom is -0.393 e. The second-order valence-electron chi connectivity index (χ2n) is 3.60. The molecule has 58 valence electrons. The summed E-state index contributed by atoms with van der Waals surface area (Å²) in [5, 5.41) is 9.30. The lowest BCUT2D eigenvalue weighted by atomic mass is 10.0. The van der Waals surface area contributed by atoms with E-state index in [4.69, 9.17) is 0 Å². The SMILES string of the molecule is OC1C[C@@H]2CN(P)C[C@@H]2C1. The predicted molar refractivity (Wildman–Crippen MR) is 43.5 cm³/mol. The molecule has 1 aliphatic carbocycles. The average molecular weight is 159 g/mol. The monoisotopic (exact) mass is 159 g/mol. The highest BCUT2D eigenvalue weighted by molar-refractivity contribution is 7.13. The Morgan fingerprint density at radius 3 is 2.20 bits per heavy atom. The van der Waals surface area contributed by atoms with Crippen LogP contribution in [0.25, 0.3) is 0 Å². The number of rotatable bonds is 0. The third-order valence-electron chi connectivity index (χ3n) is 2.75. The molecule has 0 radical (unpaired) electrons. The molecule has 2 nitrogen and oxygen atoms in total. The zero-order chi connectivity index (χ0) is 7.14. The van der Waals surface area contributed by atoms with Gasteiger partial charge in [0, 0.05) is 13.1 Å². The maximum atomic E-state index is 9.30. The molecule has 4 atom stereocenters. The van der Waals surface area contributed by atoms with Crippen LogP contribution in [0.2, 0.25) is 0 Å². The Bertz CT molecular complexity index is 114. The lowest BCUT2D eigenvalue weighted by molar-refractivity contribution is 0.169. The molecule has 0 aromatic heterocycles. The molecule has 0 spiro atoms. The third-order valence-corrected chi connectivity index (χ3v) is 3.18. The number of fused-ring (bicyclic) bond motifs is 1. The highest BCUT2D eigenvalue weighted by Crippen LogP contribution is 2.38. The summed E-state index contributed by atoms with van der Waals surface area (Å²) >= 11 is 0. The van der Waals surface area contributed by atoms with Crippen molar-refractivity contribution >= 4 is 9.39 Å². The molecule has 2 aliphatic rings. The molecule has 0 aromatic rings. The van der Waals surface area contributed by atoms with E-state index < -0.39 is 0 Å². The Kier molecular flexibility index (Phi) is 1.71. The molecule has 2 rings (SSSR count). The quantitative estimate of drug-likeness (QED) is 0.520. The normalized spacial score (nSPS) is 48.0. The number of aliphatic hydroxyl groups is 1. The first-order valence-electron chi connectivity index (χ1n) is 3.93. The van der Waals surface area contributed by atoms with Gasteiger partial charge in [0.05, 0.1) is 6.10 Å². The average Bonchev–Trinajstić information content (AvgIpc) is 2.21. The van der Waals surface area contributed by atoms with Gasteiger partial charge in [-0.2, -0.15) is 0 Å². The minimum absolute atomic E-state index is 0.00806. The molecule has 10 heavy (non-hydrogen) atoms. The van der Waals surface area contributed by atoms with Gasteiger partial charge in [-0.15, -0.1) is 0 Å². The van der Waals surface area contributed by atoms with Crippen LogP contribution < -0.4 is 0 Å². The Morgan fingerprint density at radius 2 is 1.70 bits per heavy atom. The molecule has 2 unspecified atom stereocenters. The van der Waals surface area contributed by atoms with Gasteiger partial charge in [0.1, 0.15) is 0 Å². The van der Waals surface area contributed by atoms with Gasteiger partial charge in [-0.05, 0) is 24.7 Å². The molecule has 3 heteroatoms. The topological polar surface area (TPSA) is 23.5 Å². The summed E-state index contributed by atoms with van der Waals surface area (Å²) < 4.78 is 2.29. The van der Waals surface area contributed by atoms with Gasteiger partial charge >= 0.3 is 0 Å². The fourth-order valence-corrected chi connectivity index (χ4v) is 2.85. The van der Waals surface area contributed by atoms with E-state index in [1.54, 1.807) is 0 Å². The van der Waals surface area contributed by atoms with Crippen molar-refractivity contribution in [3.63, 3.8) is 0 Å². The van der Waals surface area contributed by atoms with Crippen molar-refractivity contribution in [3.05, 3.63) is 0 Å². The largest absolute Gasteiger partial charge is 0.393 e. The highest BCUT2D eigenvalue weighted by Gasteiger charge is 2.38. The van der Waals surface area contributed by atoms with E-state index in [-0.39, 0.29) is 6.10 Å². The smallest absolute Gasteiger partial charge is 0.0546 e. The van der Waals surface area contributed by atoms with Crippen LogP contribution in [0.5, 0.6) is 0 Å². The maximum absolute atomic E-state index is 9.30. The molecular weight excluding hydrogens is 145 g/mol. The second-order valence-corrected chi connectivity index (χ2v) is 4.33. The van der Waals surface area contributed by atoms with Crippen molar-refractivity contribution in [2.75, 3.05) is 13.1 Å². The van der Waals surface area contributed by atoms with Crippen LogP contribution in [0.1, 0.15) is 12.8 Å². The van der Waals surface area contributed by atoms with Gasteiger partial charge in [-0.3, -0.25) is 4.67 Å². The Hall–Kier alpha value is 0.350. The summed E-state index contributed by atoms with van der Waals surface area (Å²) in [4.78, 5) is 0. The predicted octanol–water partition coefficient (Wildman–Crippen LogP) is 0.479. The fourth-order valence-electron chi connectivity index (χ4n) is 2.30. The van der Waals surface area contributed by atoms with E-state index in [0.29, 0.717) is 0 Å². The third kappa shape index (κ3) is 1.09. The van der Waals surface area contributed by atoms with Gasteiger partial charge in [0.2, 0.25) is 0 Å². The van der Waals surface area contributed by atoms with Crippen molar-refractivity contribution in [2.45, 2.75) is 18.9 Å². The summed E-state index contributed by atoms with van der Waals surface area (Å²) in [7, 11) is 2.75. The highest BCUT2D eigenvalue weighted by atomic mass is 31.0. The molecule has 1 saturated heterocycles. The van der Waals surface area contributed by atoms with Crippen LogP contribution in [0.3, 0.4) is 0 Å². The zero-order valence-corrected chi connectivity index (χ0v) is 7.19. The lowest BCUT2D eigenvalue weighted by Gasteiger charge is -2.09. The summed E-state index contributed by atoms with van der Waals surface area (Å²) in [6, 6.07) is 0. The Labute approximate surface area is 63.9 Å². The molecule has 1 saturated carbocycles. The Morgan fingerprint density at radius 1 is 1.20 bits per heavy atom. The van der Waals surface area contributed by atoms with E-state index in [1.165, 1.54) is 13.1 Å². The molecule has 0 amide bonds. The maximum Gasteiger partial charge on any atom is 0.0546 e. The first-order valence-corrected chi connectivity index (χ1v) is 4.45. The zero-order valence-electron chi connectivity index (χ0n) is 6.03. The molecule has 1 aliphatic heterocycles. The standard InChI is InChI=1S/C7H14NOP/c9-7-1-5-3-8(10)4-6(5)2-7/h5-7,9H,1-4,10H2/t5-,6+,7?. The van der Waals surface area contributed by atoms with Crippen LogP contribution in [0.4, 0.5) is 0 Å². The van der Waals surface area contributed by atoms with Crippen molar-refractivity contribution in [2.24, 2.45) is 11.8 Å². The van der Waals surface area contributed by atoms with Crippen molar-refractivity contribution < 1.29 is 5.11 Å². The summed E-state index contributed by atoms with van der Waals surface area (Å²) in [5.41, 5.74) is 0. The number of nitrogens with zero attached hydrogens (tertiary/aromatic N) is 1. The van der Waals surface area contributed by atoms with Gasteiger partial charge in [-0.1, -0.05) is 9.39 Å². The summed E-state index contributed by atoms with van der Waals surface area (Å²) in [6.45, 7) is 2.35. The number of aliphatic hydroxyl groups excluding tert-OH is 1. The van der Waals surface area contributed by atoms with E-state index in [0.717, 1.165) is 24.7 Å². The number of hydrogen-bond acceptors (Lipinski definition) is 2. The summed E-state index contributed by atoms with van der Waals surface area (Å²) in [6.07, 6.45) is 2.08.